The van der Waals surface area contributed by atoms with Gasteiger partial charge in [0.1, 0.15) is 15.8 Å². The first-order chi connectivity index (χ1) is 9.49. The number of hydrogen-bond acceptors (Lipinski definition) is 5. The molecule has 0 spiro atoms. The zero-order chi connectivity index (χ0) is 14.4. The summed E-state index contributed by atoms with van der Waals surface area (Å²) in [5, 5.41) is 3.55. The molecule has 0 fully saturated rings. The Balaban J connectivity index is 2.06. The number of amides is 1. The lowest BCUT2D eigenvalue weighted by Crippen LogP contribution is -2.29. The third-order valence-electron chi connectivity index (χ3n) is 2.83. The molecule has 1 aromatic carbocycles. The molecule has 0 aliphatic carbocycles. The van der Waals surface area contributed by atoms with Gasteiger partial charge < -0.3 is 0 Å². The Hall–Kier alpha value is -1.57. The van der Waals surface area contributed by atoms with E-state index in [4.69, 9.17) is 23.2 Å². The number of halogens is 3. The molecule has 0 atom stereocenters. The van der Waals surface area contributed by atoms with Crippen LogP contribution in [0.25, 0.3) is 0 Å². The van der Waals surface area contributed by atoms with E-state index in [1.54, 1.807) is 0 Å². The second-order valence-electron chi connectivity index (χ2n) is 4.00. The largest absolute Gasteiger partial charge is 0.299 e. The number of anilines is 1. The van der Waals surface area contributed by atoms with E-state index >= 15 is 0 Å². The van der Waals surface area contributed by atoms with Gasteiger partial charge in [0, 0.05) is 11.5 Å². The molecule has 2 aromatic rings. The summed E-state index contributed by atoms with van der Waals surface area (Å²) in [7, 11) is 0. The van der Waals surface area contributed by atoms with Crippen LogP contribution in [0.15, 0.2) is 12.1 Å². The van der Waals surface area contributed by atoms with Gasteiger partial charge in [-0.05, 0) is 12.1 Å². The molecule has 20 heavy (non-hydrogen) atoms. The van der Waals surface area contributed by atoms with Gasteiger partial charge in [0.2, 0.25) is 0 Å². The maximum Gasteiger partial charge on any atom is 0.299 e. The van der Waals surface area contributed by atoms with Crippen LogP contribution in [-0.4, -0.2) is 21.3 Å². The maximum absolute atomic E-state index is 13.5. The molecule has 5 nitrogen and oxygen atoms in total. The molecule has 0 bridgehead atoms. The number of hydrogen-bond donors (Lipinski definition) is 0. The van der Waals surface area contributed by atoms with E-state index in [1.807, 2.05) is 0 Å². The van der Waals surface area contributed by atoms with Gasteiger partial charge in [-0.2, -0.15) is 0 Å². The van der Waals surface area contributed by atoms with Crippen molar-refractivity contribution in [3.05, 3.63) is 38.6 Å². The van der Waals surface area contributed by atoms with Crippen LogP contribution in [0.2, 0.25) is 9.36 Å². The third kappa shape index (κ3) is 1.98. The van der Waals surface area contributed by atoms with Crippen molar-refractivity contribution in [1.29, 1.82) is 0 Å². The zero-order valence-electron chi connectivity index (χ0n) is 9.56. The summed E-state index contributed by atoms with van der Waals surface area (Å²) >= 11 is 12.4. The zero-order valence-corrected chi connectivity index (χ0v) is 11.9. The highest BCUT2D eigenvalue weighted by molar-refractivity contribution is 7.10. The first-order valence-corrected chi connectivity index (χ1v) is 6.84. The van der Waals surface area contributed by atoms with Gasteiger partial charge in [0.25, 0.3) is 11.7 Å². The fourth-order valence-electron chi connectivity index (χ4n) is 1.89. The lowest BCUT2D eigenvalue weighted by Gasteiger charge is -2.15. The molecule has 0 radical (unpaired) electrons. The number of carbonyl (C=O) groups excluding carboxylic acids is 2. The SMILES string of the molecule is O=C1C(=O)N(Cc2nnsc2Cl)c2cc(F)c(Cl)cc21. The average molecular weight is 332 g/mol. The van der Waals surface area contributed by atoms with Crippen LogP contribution in [0, 0.1) is 5.82 Å². The van der Waals surface area contributed by atoms with Crippen LogP contribution in [0.1, 0.15) is 16.1 Å². The molecule has 0 saturated carbocycles. The second-order valence-corrected chi connectivity index (χ2v) is 5.76. The van der Waals surface area contributed by atoms with Crippen LogP contribution >= 0.6 is 34.7 Å². The van der Waals surface area contributed by atoms with Crippen LogP contribution in [0.3, 0.4) is 0 Å². The van der Waals surface area contributed by atoms with Gasteiger partial charge in [-0.1, -0.05) is 27.7 Å². The molecule has 3 rings (SSSR count). The number of fused-ring (bicyclic) bond motifs is 1. The molecule has 0 N–H and O–H groups in total. The Kier molecular flexibility index (Phi) is 3.19. The Morgan fingerprint density at radius 2 is 2.05 bits per heavy atom. The highest BCUT2D eigenvalue weighted by Gasteiger charge is 2.37. The molecule has 0 saturated heterocycles. The van der Waals surface area contributed by atoms with Gasteiger partial charge in [0.15, 0.2) is 0 Å². The van der Waals surface area contributed by atoms with Crippen molar-refractivity contribution >= 4 is 52.1 Å². The Labute approximate surface area is 126 Å². The van der Waals surface area contributed by atoms with E-state index < -0.39 is 17.5 Å². The van der Waals surface area contributed by atoms with Crippen LogP contribution < -0.4 is 4.90 Å². The second kappa shape index (κ2) is 4.76. The van der Waals surface area contributed by atoms with Crippen molar-refractivity contribution in [1.82, 2.24) is 9.59 Å². The average Bonchev–Trinajstić information content (AvgIpc) is 2.90. The summed E-state index contributed by atoms with van der Waals surface area (Å²) in [6.07, 6.45) is 0. The topological polar surface area (TPSA) is 63.2 Å². The monoisotopic (exact) mass is 331 g/mol. The summed E-state index contributed by atoms with van der Waals surface area (Å²) in [6, 6.07) is 2.20. The standard InChI is InChI=1S/C11H4Cl2FN3O2S/c12-5-1-4-8(2-6(5)14)17(11(19)9(4)18)3-7-10(13)20-16-15-7/h1-2H,3H2. The Morgan fingerprint density at radius 1 is 1.30 bits per heavy atom. The maximum atomic E-state index is 13.5. The van der Waals surface area contributed by atoms with Gasteiger partial charge in [0.05, 0.1) is 22.8 Å². The number of nitrogens with zero attached hydrogens (tertiary/aromatic N) is 3. The van der Waals surface area contributed by atoms with E-state index in [1.165, 1.54) is 0 Å². The number of rotatable bonds is 2. The van der Waals surface area contributed by atoms with Gasteiger partial charge in [-0.3, -0.25) is 14.5 Å². The van der Waals surface area contributed by atoms with Crippen molar-refractivity contribution in [2.75, 3.05) is 4.90 Å². The van der Waals surface area contributed by atoms with Gasteiger partial charge in [-0.25, -0.2) is 4.39 Å². The normalized spacial score (nSPS) is 14.1. The number of aromatic nitrogens is 2. The van der Waals surface area contributed by atoms with Crippen molar-refractivity contribution in [2.24, 2.45) is 0 Å². The predicted molar refractivity (Wildman–Crippen MR) is 71.8 cm³/mol. The minimum atomic E-state index is -0.772. The fraction of sp³-hybridized carbons (Fsp3) is 0.0909. The summed E-state index contributed by atoms with van der Waals surface area (Å²) in [6.45, 7) is -0.0476. The van der Waals surface area contributed by atoms with Crippen molar-refractivity contribution in [3.8, 4) is 0 Å². The first-order valence-electron chi connectivity index (χ1n) is 5.31. The van der Waals surface area contributed by atoms with E-state index in [-0.39, 0.29) is 22.8 Å². The molecule has 2 heterocycles. The molecular weight excluding hydrogens is 328 g/mol. The van der Waals surface area contributed by atoms with E-state index in [0.717, 1.165) is 28.6 Å². The lowest BCUT2D eigenvalue weighted by atomic mass is 10.1. The minimum absolute atomic E-state index is 0.0476. The molecule has 1 aromatic heterocycles. The van der Waals surface area contributed by atoms with E-state index in [9.17, 15) is 14.0 Å². The number of Topliss-reactive ketones (excluding diaryl/α,β-unsaturated/α-hetero) is 1. The summed E-state index contributed by atoms with van der Waals surface area (Å²) in [5.74, 6) is -2.22. The van der Waals surface area contributed by atoms with Crippen molar-refractivity contribution in [2.45, 2.75) is 6.54 Å². The number of benzene rings is 1. The number of carbonyl (C=O) groups is 2. The molecule has 1 aliphatic rings. The highest BCUT2D eigenvalue weighted by atomic mass is 35.5. The fourth-order valence-corrected chi connectivity index (χ4v) is 2.66. The molecule has 1 amide bonds. The van der Waals surface area contributed by atoms with Crippen LogP contribution in [0.4, 0.5) is 10.1 Å². The van der Waals surface area contributed by atoms with Gasteiger partial charge >= 0.3 is 0 Å². The minimum Gasteiger partial charge on any atom is -0.298 e. The van der Waals surface area contributed by atoms with Crippen LogP contribution in [-0.2, 0) is 11.3 Å². The lowest BCUT2D eigenvalue weighted by molar-refractivity contribution is -0.114. The molecule has 1 aliphatic heterocycles. The third-order valence-corrected chi connectivity index (χ3v) is 4.10. The van der Waals surface area contributed by atoms with E-state index in [2.05, 4.69) is 9.59 Å². The molecular formula is C11H4Cl2FN3O2S. The Bertz CT molecular complexity index is 749. The highest BCUT2D eigenvalue weighted by Crippen LogP contribution is 2.34. The smallest absolute Gasteiger partial charge is 0.298 e. The van der Waals surface area contributed by atoms with Crippen LogP contribution in [0.5, 0.6) is 0 Å². The van der Waals surface area contributed by atoms with Crippen molar-refractivity contribution < 1.29 is 14.0 Å². The predicted octanol–water partition coefficient (Wildman–Crippen LogP) is 2.71. The summed E-state index contributed by atoms with van der Waals surface area (Å²) in [5.41, 5.74) is 0.577. The molecule has 9 heteroatoms. The van der Waals surface area contributed by atoms with Gasteiger partial charge in [-0.15, -0.1) is 5.10 Å². The quantitative estimate of drug-likeness (QED) is 0.794. The Morgan fingerprint density at radius 3 is 2.70 bits per heavy atom. The van der Waals surface area contributed by atoms with Crippen molar-refractivity contribution in [3.63, 3.8) is 0 Å². The summed E-state index contributed by atoms with van der Waals surface area (Å²) in [4.78, 5) is 24.9. The molecule has 0 unspecified atom stereocenters. The van der Waals surface area contributed by atoms with E-state index in [0.29, 0.717) is 10.0 Å². The molecule has 102 valence electrons. The first kappa shape index (κ1) is 13.4. The number of ketones is 1. The summed E-state index contributed by atoms with van der Waals surface area (Å²) < 4.78 is 17.5.